The van der Waals surface area contributed by atoms with Crippen molar-refractivity contribution in [3.63, 3.8) is 0 Å². The highest BCUT2D eigenvalue weighted by Gasteiger charge is 2.18. The Morgan fingerprint density at radius 2 is 0.857 bits per heavy atom. The van der Waals surface area contributed by atoms with Crippen LogP contribution in [0.5, 0.6) is 0 Å². The Hall–Kier alpha value is -0.530. The predicted octanol–water partition coefficient (Wildman–Crippen LogP) is 9.01. The van der Waals surface area contributed by atoms with Gasteiger partial charge in [-0.2, -0.15) is 0 Å². The SMILES string of the molecule is CCCCCCCCCCCCC(CCCCCCCCCC)C(=O)OCC. The van der Waals surface area contributed by atoms with E-state index in [2.05, 4.69) is 13.8 Å². The lowest BCUT2D eigenvalue weighted by Gasteiger charge is -2.15. The van der Waals surface area contributed by atoms with Crippen LogP contribution in [-0.4, -0.2) is 12.6 Å². The number of unbranched alkanes of at least 4 members (excludes halogenated alkanes) is 16. The second-order valence-electron chi connectivity index (χ2n) is 8.68. The molecule has 0 bridgehead atoms. The summed E-state index contributed by atoms with van der Waals surface area (Å²) in [5.41, 5.74) is 0. The normalized spacial score (nSPS) is 12.2. The van der Waals surface area contributed by atoms with E-state index >= 15 is 0 Å². The molecular weight excluding hydrogens is 344 g/mol. The fourth-order valence-electron chi connectivity index (χ4n) is 4.04. The highest BCUT2D eigenvalue weighted by molar-refractivity contribution is 5.72. The molecule has 1 unspecified atom stereocenters. The smallest absolute Gasteiger partial charge is 0.308 e. The number of esters is 1. The molecule has 0 radical (unpaired) electrons. The molecule has 0 saturated heterocycles. The quantitative estimate of drug-likeness (QED) is 0.135. The standard InChI is InChI=1S/C26H52O2/c1-4-7-9-11-13-15-16-18-20-22-24-25(26(27)28-6-3)23-21-19-17-14-12-10-8-5-2/h25H,4-24H2,1-3H3. The molecule has 0 spiro atoms. The summed E-state index contributed by atoms with van der Waals surface area (Å²) in [7, 11) is 0. The van der Waals surface area contributed by atoms with Crippen LogP contribution in [0.15, 0.2) is 0 Å². The molecule has 0 aliphatic rings. The van der Waals surface area contributed by atoms with Gasteiger partial charge in [0.15, 0.2) is 0 Å². The van der Waals surface area contributed by atoms with Gasteiger partial charge in [0.2, 0.25) is 0 Å². The van der Waals surface area contributed by atoms with E-state index < -0.39 is 0 Å². The lowest BCUT2D eigenvalue weighted by molar-refractivity contribution is -0.148. The second-order valence-corrected chi connectivity index (χ2v) is 8.68. The monoisotopic (exact) mass is 396 g/mol. The topological polar surface area (TPSA) is 26.3 Å². The third kappa shape index (κ3) is 18.8. The van der Waals surface area contributed by atoms with Crippen molar-refractivity contribution in [1.29, 1.82) is 0 Å². The molecule has 0 aliphatic heterocycles. The van der Waals surface area contributed by atoms with E-state index in [4.69, 9.17) is 4.74 Å². The minimum Gasteiger partial charge on any atom is -0.466 e. The van der Waals surface area contributed by atoms with Gasteiger partial charge < -0.3 is 4.74 Å². The van der Waals surface area contributed by atoms with Gasteiger partial charge in [-0.05, 0) is 19.8 Å². The first-order valence-electron chi connectivity index (χ1n) is 12.9. The molecule has 0 amide bonds. The van der Waals surface area contributed by atoms with E-state index in [0.717, 1.165) is 12.8 Å². The Morgan fingerprint density at radius 3 is 1.18 bits per heavy atom. The molecule has 168 valence electrons. The number of carbonyl (C=O) groups is 1. The van der Waals surface area contributed by atoms with Crippen LogP contribution in [0, 0.1) is 5.92 Å². The molecule has 0 fully saturated rings. The summed E-state index contributed by atoms with van der Waals surface area (Å²) in [6.07, 6.45) is 26.2. The number of hydrogen-bond acceptors (Lipinski definition) is 2. The number of hydrogen-bond donors (Lipinski definition) is 0. The highest BCUT2D eigenvalue weighted by atomic mass is 16.5. The van der Waals surface area contributed by atoms with Crippen molar-refractivity contribution in [3.05, 3.63) is 0 Å². The van der Waals surface area contributed by atoms with E-state index in [1.807, 2.05) is 6.92 Å². The fraction of sp³-hybridized carbons (Fsp3) is 0.962. The highest BCUT2D eigenvalue weighted by Crippen LogP contribution is 2.21. The van der Waals surface area contributed by atoms with Crippen molar-refractivity contribution < 1.29 is 9.53 Å². The lowest BCUT2D eigenvalue weighted by atomic mass is 9.94. The largest absolute Gasteiger partial charge is 0.466 e. The van der Waals surface area contributed by atoms with Crippen LogP contribution in [0.4, 0.5) is 0 Å². The molecule has 28 heavy (non-hydrogen) atoms. The molecule has 1 atom stereocenters. The average Bonchev–Trinajstić information content (AvgIpc) is 2.69. The molecule has 0 heterocycles. The molecule has 0 N–H and O–H groups in total. The Morgan fingerprint density at radius 1 is 0.536 bits per heavy atom. The minimum atomic E-state index is 0.0568. The summed E-state index contributed by atoms with van der Waals surface area (Å²) in [5, 5.41) is 0. The van der Waals surface area contributed by atoms with Gasteiger partial charge in [-0.1, -0.05) is 129 Å². The first-order valence-corrected chi connectivity index (χ1v) is 12.9. The molecule has 2 heteroatoms. The third-order valence-electron chi connectivity index (χ3n) is 5.93. The maximum Gasteiger partial charge on any atom is 0.308 e. The fourth-order valence-corrected chi connectivity index (χ4v) is 4.04. The van der Waals surface area contributed by atoms with Crippen LogP contribution < -0.4 is 0 Å². The van der Waals surface area contributed by atoms with Gasteiger partial charge >= 0.3 is 5.97 Å². The van der Waals surface area contributed by atoms with E-state index in [0.29, 0.717) is 6.61 Å². The molecule has 0 rings (SSSR count). The first-order chi connectivity index (χ1) is 13.8. The molecule has 0 aromatic rings. The maximum atomic E-state index is 12.3. The van der Waals surface area contributed by atoms with Crippen LogP contribution in [0.3, 0.4) is 0 Å². The van der Waals surface area contributed by atoms with Gasteiger partial charge in [0.1, 0.15) is 0 Å². The van der Waals surface area contributed by atoms with Crippen molar-refractivity contribution >= 4 is 5.97 Å². The third-order valence-corrected chi connectivity index (χ3v) is 5.93. The predicted molar refractivity (Wildman–Crippen MR) is 124 cm³/mol. The summed E-state index contributed by atoms with van der Waals surface area (Å²) in [4.78, 5) is 12.3. The Bertz CT molecular complexity index is 314. The summed E-state index contributed by atoms with van der Waals surface area (Å²) >= 11 is 0. The molecule has 2 nitrogen and oxygen atoms in total. The summed E-state index contributed by atoms with van der Waals surface area (Å²) in [6.45, 7) is 6.99. The first kappa shape index (κ1) is 27.5. The van der Waals surface area contributed by atoms with Gasteiger partial charge in [0.05, 0.1) is 12.5 Å². The summed E-state index contributed by atoms with van der Waals surface area (Å²) < 4.78 is 5.33. The minimum absolute atomic E-state index is 0.0568. The van der Waals surface area contributed by atoms with Gasteiger partial charge in [0.25, 0.3) is 0 Å². The lowest BCUT2D eigenvalue weighted by Crippen LogP contribution is -2.18. The van der Waals surface area contributed by atoms with Crippen molar-refractivity contribution in [2.24, 2.45) is 5.92 Å². The second kappa shape index (κ2) is 22.8. The van der Waals surface area contributed by atoms with E-state index in [1.54, 1.807) is 0 Å². The zero-order valence-electron chi connectivity index (χ0n) is 19.7. The van der Waals surface area contributed by atoms with Gasteiger partial charge in [0, 0.05) is 0 Å². The van der Waals surface area contributed by atoms with E-state index in [1.165, 1.54) is 116 Å². The summed E-state index contributed by atoms with van der Waals surface area (Å²) in [5.74, 6) is 0.204. The van der Waals surface area contributed by atoms with Crippen LogP contribution in [-0.2, 0) is 9.53 Å². The van der Waals surface area contributed by atoms with Crippen molar-refractivity contribution in [3.8, 4) is 0 Å². The summed E-state index contributed by atoms with van der Waals surface area (Å²) in [6, 6.07) is 0. The number of rotatable bonds is 22. The number of ether oxygens (including phenoxy) is 1. The van der Waals surface area contributed by atoms with Crippen molar-refractivity contribution in [2.75, 3.05) is 6.61 Å². The van der Waals surface area contributed by atoms with Crippen LogP contribution >= 0.6 is 0 Å². The molecule has 0 aromatic heterocycles. The maximum absolute atomic E-state index is 12.3. The van der Waals surface area contributed by atoms with E-state index in [9.17, 15) is 4.79 Å². The number of carbonyl (C=O) groups excluding carboxylic acids is 1. The molecular formula is C26H52O2. The van der Waals surface area contributed by atoms with Gasteiger partial charge in [-0.3, -0.25) is 4.79 Å². The Balaban J connectivity index is 3.72. The molecule has 0 aromatic carbocycles. The Kier molecular flexibility index (Phi) is 22.3. The Labute approximate surface area is 177 Å². The zero-order valence-corrected chi connectivity index (χ0v) is 19.7. The van der Waals surface area contributed by atoms with Crippen LogP contribution in [0.25, 0.3) is 0 Å². The molecule has 0 aliphatic carbocycles. The van der Waals surface area contributed by atoms with Crippen molar-refractivity contribution in [2.45, 2.75) is 149 Å². The van der Waals surface area contributed by atoms with Crippen molar-refractivity contribution in [1.82, 2.24) is 0 Å². The average molecular weight is 397 g/mol. The van der Waals surface area contributed by atoms with Crippen LogP contribution in [0.1, 0.15) is 149 Å². The van der Waals surface area contributed by atoms with Crippen LogP contribution in [0.2, 0.25) is 0 Å². The van der Waals surface area contributed by atoms with E-state index in [-0.39, 0.29) is 11.9 Å². The zero-order chi connectivity index (χ0) is 20.7. The molecule has 0 saturated carbocycles. The van der Waals surface area contributed by atoms with Gasteiger partial charge in [-0.15, -0.1) is 0 Å². The van der Waals surface area contributed by atoms with Gasteiger partial charge in [-0.25, -0.2) is 0 Å².